The molecular formula is C29H21ClF4N4O3. The minimum atomic E-state index is -4.76. The molecule has 0 aliphatic heterocycles. The molecule has 2 aromatic heterocycles. The molecule has 0 aliphatic carbocycles. The topological polar surface area (TPSA) is 78.3 Å². The molecule has 12 heteroatoms. The zero-order valence-corrected chi connectivity index (χ0v) is 22.1. The number of anilines is 2. The fraction of sp³-hybridized carbons (Fsp3) is 0.138. The number of alkyl halides is 3. The first-order valence-corrected chi connectivity index (χ1v) is 12.7. The van der Waals surface area contributed by atoms with E-state index in [1.54, 1.807) is 48.5 Å². The average Bonchev–Trinajstić information content (AvgIpc) is 3.40. The Morgan fingerprint density at radius 3 is 2.61 bits per heavy atom. The highest BCUT2D eigenvalue weighted by atomic mass is 35.5. The predicted molar refractivity (Wildman–Crippen MR) is 145 cm³/mol. The summed E-state index contributed by atoms with van der Waals surface area (Å²) < 4.78 is 66.1. The maximum atomic E-state index is 13.7. The molecule has 0 bridgehead atoms. The minimum absolute atomic E-state index is 0.0617. The van der Waals surface area contributed by atoms with Crippen LogP contribution < -0.4 is 10.1 Å². The molecule has 3 aromatic carbocycles. The third kappa shape index (κ3) is 6.25. The first-order chi connectivity index (χ1) is 19.6. The summed E-state index contributed by atoms with van der Waals surface area (Å²) in [5.74, 6) is -0.670. The summed E-state index contributed by atoms with van der Waals surface area (Å²) in [6.45, 7) is 1.57. The van der Waals surface area contributed by atoms with Gasteiger partial charge in [0.15, 0.2) is 0 Å². The number of rotatable bonds is 8. The third-order valence-corrected chi connectivity index (χ3v) is 6.32. The quantitative estimate of drug-likeness (QED) is 0.149. The molecule has 2 heterocycles. The monoisotopic (exact) mass is 584 g/mol. The van der Waals surface area contributed by atoms with E-state index >= 15 is 0 Å². The molecule has 0 spiro atoms. The molecule has 0 radical (unpaired) electrons. The Morgan fingerprint density at radius 1 is 1.05 bits per heavy atom. The van der Waals surface area contributed by atoms with E-state index in [4.69, 9.17) is 21.1 Å². The zero-order chi connectivity index (χ0) is 29.1. The van der Waals surface area contributed by atoms with E-state index in [1.165, 1.54) is 30.0 Å². The second kappa shape index (κ2) is 11.5. The van der Waals surface area contributed by atoms with Crippen LogP contribution in [0.15, 0.2) is 79.4 Å². The maximum Gasteiger partial charge on any atom is 0.418 e. The van der Waals surface area contributed by atoms with Gasteiger partial charge in [-0.05, 0) is 61.0 Å². The van der Waals surface area contributed by atoms with E-state index in [1.807, 2.05) is 0 Å². The molecule has 0 saturated heterocycles. The van der Waals surface area contributed by atoms with Gasteiger partial charge in [0.05, 0.1) is 28.3 Å². The minimum Gasteiger partial charge on any atom is -0.487 e. The highest BCUT2D eigenvalue weighted by Gasteiger charge is 2.37. The number of benzene rings is 3. The molecule has 7 nitrogen and oxygen atoms in total. The number of halogens is 5. The molecule has 0 aliphatic rings. The van der Waals surface area contributed by atoms with Gasteiger partial charge in [0.2, 0.25) is 0 Å². The number of hydrogen-bond donors (Lipinski definition) is 1. The summed E-state index contributed by atoms with van der Waals surface area (Å²) in [5, 5.41) is 3.95. The van der Waals surface area contributed by atoms with Gasteiger partial charge in [-0.15, -0.1) is 0 Å². The standard InChI is InChI=1S/C29H21ClF4N4O3/c1-2-40-28(39)22-13-38(14-23(22)29(32,33)34)20-7-8-25-21(12-20)27(36-16-35-25)37-19-6-9-26(24(30)11-19)41-15-17-4-3-5-18(31)10-17/h3-14,16H,2,15H2,1H3,(H,35,36,37). The average molecular weight is 585 g/mol. The number of carbonyl (C=O) groups excluding carboxylic acids is 1. The number of nitrogens with one attached hydrogen (secondary N) is 1. The van der Waals surface area contributed by atoms with Crippen molar-refractivity contribution in [3.8, 4) is 11.4 Å². The Bertz CT molecular complexity index is 1740. The van der Waals surface area contributed by atoms with Crippen LogP contribution in [0.4, 0.5) is 29.1 Å². The van der Waals surface area contributed by atoms with Gasteiger partial charge < -0.3 is 19.4 Å². The van der Waals surface area contributed by atoms with E-state index in [2.05, 4.69) is 15.3 Å². The van der Waals surface area contributed by atoms with Gasteiger partial charge >= 0.3 is 12.1 Å². The number of nitrogens with zero attached hydrogens (tertiary/aromatic N) is 3. The van der Waals surface area contributed by atoms with Gasteiger partial charge in [0.25, 0.3) is 0 Å². The fourth-order valence-corrected chi connectivity index (χ4v) is 4.36. The molecule has 0 fully saturated rings. The molecule has 0 amide bonds. The zero-order valence-electron chi connectivity index (χ0n) is 21.4. The normalized spacial score (nSPS) is 11.5. The van der Waals surface area contributed by atoms with Crippen molar-refractivity contribution in [2.24, 2.45) is 0 Å². The third-order valence-electron chi connectivity index (χ3n) is 6.02. The Labute approximate surface area is 236 Å². The fourth-order valence-electron chi connectivity index (χ4n) is 4.13. The number of fused-ring (bicyclic) bond motifs is 1. The summed E-state index contributed by atoms with van der Waals surface area (Å²) in [6, 6.07) is 15.8. The van der Waals surface area contributed by atoms with Crippen LogP contribution in [0.25, 0.3) is 16.6 Å². The van der Waals surface area contributed by atoms with Crippen molar-refractivity contribution in [2.75, 3.05) is 11.9 Å². The van der Waals surface area contributed by atoms with Crippen LogP contribution in [0, 0.1) is 5.82 Å². The molecule has 210 valence electrons. The number of esters is 1. The Kier molecular flexibility index (Phi) is 7.80. The van der Waals surface area contributed by atoms with Gasteiger partial charge in [-0.25, -0.2) is 19.2 Å². The van der Waals surface area contributed by atoms with Crippen LogP contribution in [0.5, 0.6) is 5.75 Å². The predicted octanol–water partition coefficient (Wildman–Crippen LogP) is 7.73. The van der Waals surface area contributed by atoms with Crippen LogP contribution in [-0.4, -0.2) is 27.1 Å². The Morgan fingerprint density at radius 2 is 1.88 bits per heavy atom. The van der Waals surface area contributed by atoms with Crippen LogP contribution in [-0.2, 0) is 17.5 Å². The van der Waals surface area contributed by atoms with Gasteiger partial charge in [0, 0.05) is 29.2 Å². The van der Waals surface area contributed by atoms with Crippen LogP contribution >= 0.6 is 11.6 Å². The van der Waals surface area contributed by atoms with E-state index < -0.39 is 23.3 Å². The van der Waals surface area contributed by atoms with Crippen molar-refractivity contribution in [1.29, 1.82) is 0 Å². The smallest absolute Gasteiger partial charge is 0.418 e. The van der Waals surface area contributed by atoms with Crippen LogP contribution in [0.1, 0.15) is 28.4 Å². The van der Waals surface area contributed by atoms with Crippen molar-refractivity contribution >= 4 is 40.0 Å². The van der Waals surface area contributed by atoms with Crippen molar-refractivity contribution in [3.63, 3.8) is 0 Å². The molecule has 1 N–H and O–H groups in total. The van der Waals surface area contributed by atoms with Crippen molar-refractivity contribution in [2.45, 2.75) is 19.7 Å². The first kappa shape index (κ1) is 27.9. The summed E-state index contributed by atoms with van der Waals surface area (Å²) in [7, 11) is 0. The lowest BCUT2D eigenvalue weighted by Crippen LogP contribution is -2.12. The largest absolute Gasteiger partial charge is 0.487 e. The summed E-state index contributed by atoms with van der Waals surface area (Å²) in [4.78, 5) is 20.7. The maximum absolute atomic E-state index is 13.7. The summed E-state index contributed by atoms with van der Waals surface area (Å²) >= 11 is 6.41. The Hall–Kier alpha value is -4.64. The SMILES string of the molecule is CCOC(=O)c1cn(-c2ccc3ncnc(Nc4ccc(OCc5cccc(F)c5)c(Cl)c4)c3c2)cc1C(F)(F)F. The van der Waals surface area contributed by atoms with E-state index in [0.717, 1.165) is 12.4 Å². The molecule has 5 rings (SSSR count). The van der Waals surface area contributed by atoms with Gasteiger partial charge in [-0.2, -0.15) is 13.2 Å². The van der Waals surface area contributed by atoms with Crippen LogP contribution in [0.3, 0.4) is 0 Å². The van der Waals surface area contributed by atoms with Crippen molar-refractivity contribution < 1.29 is 31.8 Å². The van der Waals surface area contributed by atoms with Gasteiger partial charge in [0.1, 0.15) is 30.3 Å². The van der Waals surface area contributed by atoms with Gasteiger partial charge in [-0.3, -0.25) is 0 Å². The number of aromatic nitrogens is 3. The van der Waals surface area contributed by atoms with E-state index in [9.17, 15) is 22.4 Å². The second-order valence-corrected chi connectivity index (χ2v) is 9.23. The summed E-state index contributed by atoms with van der Waals surface area (Å²) in [6.07, 6.45) is -1.49. The number of ether oxygens (including phenoxy) is 2. The molecule has 0 atom stereocenters. The van der Waals surface area contributed by atoms with Crippen molar-refractivity contribution in [3.05, 3.63) is 107 Å². The lowest BCUT2D eigenvalue weighted by Gasteiger charge is -2.13. The molecule has 5 aromatic rings. The van der Waals surface area contributed by atoms with Crippen molar-refractivity contribution in [1.82, 2.24) is 14.5 Å². The highest BCUT2D eigenvalue weighted by Crippen LogP contribution is 2.35. The first-order valence-electron chi connectivity index (χ1n) is 12.3. The molecule has 0 saturated carbocycles. The lowest BCUT2D eigenvalue weighted by molar-refractivity contribution is -0.138. The Balaban J connectivity index is 1.42. The lowest BCUT2D eigenvalue weighted by atomic mass is 10.2. The van der Waals surface area contributed by atoms with E-state index in [-0.39, 0.29) is 19.0 Å². The second-order valence-electron chi connectivity index (χ2n) is 8.82. The van der Waals surface area contributed by atoms with Gasteiger partial charge in [-0.1, -0.05) is 23.7 Å². The molecule has 41 heavy (non-hydrogen) atoms. The number of carbonyl (C=O) groups is 1. The van der Waals surface area contributed by atoms with E-state index in [0.29, 0.717) is 44.4 Å². The summed E-state index contributed by atoms with van der Waals surface area (Å²) in [5.41, 5.74) is 0.385. The highest BCUT2D eigenvalue weighted by molar-refractivity contribution is 6.32. The molecular weight excluding hydrogens is 564 g/mol. The van der Waals surface area contributed by atoms with Crippen LogP contribution in [0.2, 0.25) is 5.02 Å². The molecule has 0 unspecified atom stereocenters. The number of hydrogen-bond acceptors (Lipinski definition) is 6.